The molecule has 0 radical (unpaired) electrons. The fraction of sp³-hybridized carbons (Fsp3) is 0.471. The molecule has 0 bridgehead atoms. The number of rotatable bonds is 3. The second-order valence-electron chi connectivity index (χ2n) is 6.77. The summed E-state index contributed by atoms with van der Waals surface area (Å²) in [4.78, 5) is 17.9. The molecular weight excluding hydrogens is 354 g/mol. The lowest BCUT2D eigenvalue weighted by atomic mass is 10.1. The average Bonchev–Trinajstić information content (AvgIpc) is 3.17. The van der Waals surface area contributed by atoms with Crippen molar-refractivity contribution in [2.24, 2.45) is 0 Å². The molecule has 1 N–H and O–H groups in total. The Morgan fingerprint density at radius 2 is 2.12 bits per heavy atom. The van der Waals surface area contributed by atoms with Crippen molar-refractivity contribution < 1.29 is 13.2 Å². The minimum absolute atomic E-state index is 0.0814. The number of benzene rings is 1. The summed E-state index contributed by atoms with van der Waals surface area (Å²) in [6.07, 6.45) is 2.26. The summed E-state index contributed by atoms with van der Waals surface area (Å²) in [7, 11) is -3.73. The highest BCUT2D eigenvalue weighted by molar-refractivity contribution is 7.89. The Labute approximate surface area is 152 Å². The maximum atomic E-state index is 12.9. The highest BCUT2D eigenvalue weighted by atomic mass is 32.2. The zero-order valence-electron chi connectivity index (χ0n) is 14.8. The van der Waals surface area contributed by atoms with Crippen LogP contribution < -0.4 is 9.62 Å². The van der Waals surface area contributed by atoms with Crippen LogP contribution >= 0.6 is 0 Å². The number of hydrogen-bond acceptors (Lipinski definition) is 5. The molecular formula is C17H21N5O3S. The number of carbonyl (C=O) groups is 1. The lowest BCUT2D eigenvalue weighted by molar-refractivity contribution is -0.116. The van der Waals surface area contributed by atoms with Crippen molar-refractivity contribution in [1.82, 2.24) is 19.5 Å². The van der Waals surface area contributed by atoms with Gasteiger partial charge in [0, 0.05) is 25.7 Å². The van der Waals surface area contributed by atoms with Gasteiger partial charge in [0.25, 0.3) is 0 Å². The zero-order chi connectivity index (χ0) is 18.5. The average molecular weight is 375 g/mol. The number of hydrogen-bond donors (Lipinski definition) is 1. The Morgan fingerprint density at radius 3 is 2.88 bits per heavy atom. The van der Waals surface area contributed by atoms with E-state index in [0.717, 1.165) is 24.9 Å². The molecule has 0 saturated carbocycles. The second kappa shape index (κ2) is 6.17. The first kappa shape index (κ1) is 17.2. The highest BCUT2D eigenvalue weighted by Crippen LogP contribution is 2.32. The molecule has 8 nitrogen and oxygen atoms in total. The van der Waals surface area contributed by atoms with Gasteiger partial charge in [0.15, 0.2) is 0 Å². The Morgan fingerprint density at radius 1 is 1.31 bits per heavy atom. The molecule has 1 amide bonds. The molecule has 0 saturated heterocycles. The fourth-order valence-electron chi connectivity index (χ4n) is 3.69. The van der Waals surface area contributed by atoms with Gasteiger partial charge in [0.05, 0.1) is 10.9 Å². The molecule has 0 spiro atoms. The van der Waals surface area contributed by atoms with Crippen LogP contribution in [0.25, 0.3) is 0 Å². The van der Waals surface area contributed by atoms with E-state index >= 15 is 0 Å². The van der Waals surface area contributed by atoms with Crippen LogP contribution in [0.1, 0.15) is 43.0 Å². The molecule has 4 rings (SSSR count). The largest absolute Gasteiger partial charge is 0.312 e. The second-order valence-corrected chi connectivity index (χ2v) is 8.48. The van der Waals surface area contributed by atoms with E-state index in [1.165, 1.54) is 6.92 Å². The summed E-state index contributed by atoms with van der Waals surface area (Å²) < 4.78 is 30.4. The SMILES string of the molecule is CC(=O)N1CCc2ccc(S(=O)(=O)N[C@H]3CCCn4nc(C)nc43)cc21. The molecule has 2 aliphatic rings. The summed E-state index contributed by atoms with van der Waals surface area (Å²) >= 11 is 0. The maximum absolute atomic E-state index is 12.9. The van der Waals surface area contributed by atoms with Crippen molar-refractivity contribution in [1.29, 1.82) is 0 Å². The number of nitrogens with one attached hydrogen (secondary N) is 1. The summed E-state index contributed by atoms with van der Waals surface area (Å²) in [6.45, 7) is 4.63. The van der Waals surface area contributed by atoms with E-state index in [0.29, 0.717) is 30.3 Å². The van der Waals surface area contributed by atoms with E-state index in [4.69, 9.17) is 0 Å². The number of amides is 1. The van der Waals surface area contributed by atoms with Crippen LogP contribution in [-0.2, 0) is 27.8 Å². The van der Waals surface area contributed by atoms with Gasteiger partial charge in [0.2, 0.25) is 15.9 Å². The number of nitrogens with zero attached hydrogens (tertiary/aromatic N) is 4. The molecule has 9 heteroatoms. The molecule has 2 aromatic rings. The van der Waals surface area contributed by atoms with Crippen LogP contribution in [0.15, 0.2) is 23.1 Å². The number of fused-ring (bicyclic) bond motifs is 2. The van der Waals surface area contributed by atoms with Gasteiger partial charge < -0.3 is 4.90 Å². The van der Waals surface area contributed by atoms with Gasteiger partial charge in [-0.25, -0.2) is 22.8 Å². The van der Waals surface area contributed by atoms with Crippen LogP contribution in [0.5, 0.6) is 0 Å². The van der Waals surface area contributed by atoms with E-state index in [2.05, 4.69) is 14.8 Å². The minimum Gasteiger partial charge on any atom is -0.312 e. The van der Waals surface area contributed by atoms with Crippen molar-refractivity contribution in [2.75, 3.05) is 11.4 Å². The van der Waals surface area contributed by atoms with Gasteiger partial charge in [-0.2, -0.15) is 5.10 Å². The highest BCUT2D eigenvalue weighted by Gasteiger charge is 2.30. The van der Waals surface area contributed by atoms with E-state index < -0.39 is 16.1 Å². The molecule has 0 unspecified atom stereocenters. The van der Waals surface area contributed by atoms with Gasteiger partial charge in [-0.1, -0.05) is 6.07 Å². The fourth-order valence-corrected chi connectivity index (χ4v) is 4.94. The van der Waals surface area contributed by atoms with Gasteiger partial charge >= 0.3 is 0 Å². The molecule has 1 aromatic carbocycles. The topological polar surface area (TPSA) is 97.2 Å². The van der Waals surface area contributed by atoms with E-state index in [1.54, 1.807) is 34.7 Å². The molecule has 26 heavy (non-hydrogen) atoms. The molecule has 3 heterocycles. The molecule has 0 fully saturated rings. The lowest BCUT2D eigenvalue weighted by Gasteiger charge is -2.23. The van der Waals surface area contributed by atoms with Crippen LogP contribution in [0.3, 0.4) is 0 Å². The Hall–Kier alpha value is -2.26. The minimum atomic E-state index is -3.73. The number of sulfonamides is 1. The maximum Gasteiger partial charge on any atom is 0.241 e. The first-order valence-electron chi connectivity index (χ1n) is 8.70. The zero-order valence-corrected chi connectivity index (χ0v) is 15.6. The van der Waals surface area contributed by atoms with Crippen LogP contribution in [0, 0.1) is 6.92 Å². The molecule has 1 aromatic heterocycles. The molecule has 2 aliphatic heterocycles. The van der Waals surface area contributed by atoms with E-state index in [-0.39, 0.29) is 10.8 Å². The lowest BCUT2D eigenvalue weighted by Crippen LogP contribution is -2.33. The van der Waals surface area contributed by atoms with Crippen LogP contribution in [0.4, 0.5) is 5.69 Å². The predicted octanol–water partition coefficient (Wildman–Crippen LogP) is 1.31. The first-order valence-corrected chi connectivity index (χ1v) is 10.2. The molecule has 0 aliphatic carbocycles. The number of aryl methyl sites for hydroxylation is 2. The quantitative estimate of drug-likeness (QED) is 0.872. The van der Waals surface area contributed by atoms with Crippen molar-refractivity contribution in [3.8, 4) is 0 Å². The Bertz CT molecular complexity index is 982. The smallest absolute Gasteiger partial charge is 0.241 e. The predicted molar refractivity (Wildman–Crippen MR) is 95.2 cm³/mol. The number of carbonyl (C=O) groups excluding carboxylic acids is 1. The Balaban J connectivity index is 1.64. The van der Waals surface area contributed by atoms with Gasteiger partial charge in [-0.05, 0) is 43.9 Å². The van der Waals surface area contributed by atoms with Gasteiger partial charge in [0.1, 0.15) is 11.6 Å². The summed E-state index contributed by atoms with van der Waals surface area (Å²) in [5.74, 6) is 1.21. The monoisotopic (exact) mass is 375 g/mol. The third kappa shape index (κ3) is 2.90. The van der Waals surface area contributed by atoms with Gasteiger partial charge in [-0.15, -0.1) is 0 Å². The van der Waals surface area contributed by atoms with Crippen molar-refractivity contribution in [2.45, 2.75) is 50.6 Å². The third-order valence-electron chi connectivity index (χ3n) is 4.92. The molecule has 138 valence electrons. The van der Waals surface area contributed by atoms with Crippen molar-refractivity contribution in [3.63, 3.8) is 0 Å². The summed E-state index contributed by atoms with van der Waals surface area (Å²) in [5.41, 5.74) is 1.68. The normalized spacial score (nSPS) is 19.3. The standard InChI is InChI=1S/C17H21N5O3S/c1-11-18-17-15(4-3-8-22(17)19-11)20-26(24,25)14-6-5-13-7-9-21(12(2)23)16(13)10-14/h5-6,10,15,20H,3-4,7-9H2,1-2H3/t15-/m0/s1. The number of anilines is 1. The van der Waals surface area contributed by atoms with Crippen molar-refractivity contribution >= 4 is 21.6 Å². The van der Waals surface area contributed by atoms with Crippen molar-refractivity contribution in [3.05, 3.63) is 35.4 Å². The molecule has 1 atom stereocenters. The summed E-state index contributed by atoms with van der Waals surface area (Å²) in [5, 5.41) is 4.31. The van der Waals surface area contributed by atoms with Crippen LogP contribution in [0.2, 0.25) is 0 Å². The van der Waals surface area contributed by atoms with Crippen LogP contribution in [-0.4, -0.2) is 35.6 Å². The van der Waals surface area contributed by atoms with E-state index in [9.17, 15) is 13.2 Å². The number of aromatic nitrogens is 3. The van der Waals surface area contributed by atoms with E-state index in [1.807, 2.05) is 0 Å². The third-order valence-corrected chi connectivity index (χ3v) is 6.39. The van der Waals surface area contributed by atoms with Gasteiger partial charge in [-0.3, -0.25) is 4.79 Å². The Kier molecular flexibility index (Phi) is 4.07. The summed E-state index contributed by atoms with van der Waals surface area (Å²) in [6, 6.07) is 4.58. The first-order chi connectivity index (χ1) is 12.3.